The molecule has 2 aliphatic heterocycles. The first kappa shape index (κ1) is 28.0. The maximum atomic E-state index is 13.2. The molecule has 0 radical (unpaired) electrons. The lowest BCUT2D eigenvalue weighted by Crippen LogP contribution is -2.54. The minimum Gasteiger partial charge on any atom is -0.497 e. The van der Waals surface area contributed by atoms with Crippen molar-refractivity contribution >= 4 is 17.9 Å². The first-order chi connectivity index (χ1) is 18.8. The second-order valence-corrected chi connectivity index (χ2v) is 9.69. The van der Waals surface area contributed by atoms with E-state index in [4.69, 9.17) is 14.2 Å². The maximum absolute atomic E-state index is 13.2. The van der Waals surface area contributed by atoms with E-state index in [0.29, 0.717) is 49.5 Å². The van der Waals surface area contributed by atoms with Crippen LogP contribution in [-0.2, 0) is 19.9 Å². The van der Waals surface area contributed by atoms with Crippen LogP contribution in [0.5, 0.6) is 11.5 Å². The van der Waals surface area contributed by atoms with Crippen LogP contribution in [0, 0.1) is 0 Å². The van der Waals surface area contributed by atoms with Gasteiger partial charge in [-0.3, -0.25) is 9.69 Å². The van der Waals surface area contributed by atoms with Crippen LogP contribution in [0.1, 0.15) is 43.9 Å². The maximum Gasteiger partial charge on any atom is 0.338 e. The Morgan fingerprint density at radius 3 is 2.13 bits per heavy atom. The fourth-order valence-corrected chi connectivity index (χ4v) is 5.29. The Morgan fingerprint density at radius 2 is 1.59 bits per heavy atom. The van der Waals surface area contributed by atoms with Crippen molar-refractivity contribution in [2.24, 2.45) is 0 Å². The number of likely N-dealkylation sites (tertiary alicyclic amines) is 1. The quantitative estimate of drug-likeness (QED) is 0.422. The van der Waals surface area contributed by atoms with Gasteiger partial charge in [-0.25, -0.2) is 9.59 Å². The molecule has 4 rings (SSSR count). The van der Waals surface area contributed by atoms with Gasteiger partial charge in [0.05, 0.1) is 38.0 Å². The lowest BCUT2D eigenvalue weighted by atomic mass is 9.80. The molecule has 1 saturated heterocycles. The molecule has 39 heavy (non-hydrogen) atoms. The number of benzene rings is 2. The highest BCUT2D eigenvalue weighted by Gasteiger charge is 2.39. The van der Waals surface area contributed by atoms with Gasteiger partial charge in [0, 0.05) is 32.3 Å². The number of carbonyl (C=O) groups excluding carboxylic acids is 3. The van der Waals surface area contributed by atoms with Crippen molar-refractivity contribution in [3.63, 3.8) is 0 Å². The van der Waals surface area contributed by atoms with E-state index in [2.05, 4.69) is 20.9 Å². The lowest BCUT2D eigenvalue weighted by molar-refractivity contribution is -0.139. The topological polar surface area (TPSA) is 118 Å². The van der Waals surface area contributed by atoms with Gasteiger partial charge in [0.25, 0.3) is 0 Å². The SMILES string of the molecule is CCOC(=O)C1=C(CN2CCC(NC(C)=O)(c3ccc(OC)cc3)CC2)NC(=O)N[C@@H]1c1ccc(OC)cc1. The highest BCUT2D eigenvalue weighted by Crippen LogP contribution is 2.35. The van der Waals surface area contributed by atoms with E-state index in [1.807, 2.05) is 36.4 Å². The first-order valence-corrected chi connectivity index (χ1v) is 13.1. The van der Waals surface area contributed by atoms with Gasteiger partial charge in [0.15, 0.2) is 0 Å². The Balaban J connectivity index is 1.59. The molecular formula is C29H36N4O6. The van der Waals surface area contributed by atoms with Crippen molar-refractivity contribution in [1.82, 2.24) is 20.9 Å². The van der Waals surface area contributed by atoms with Crippen molar-refractivity contribution in [2.45, 2.75) is 38.3 Å². The largest absolute Gasteiger partial charge is 0.497 e. The van der Waals surface area contributed by atoms with E-state index in [1.165, 1.54) is 6.92 Å². The predicted octanol–water partition coefficient (Wildman–Crippen LogP) is 3.00. The molecule has 0 bridgehead atoms. The third-order valence-electron chi connectivity index (χ3n) is 7.25. The number of rotatable bonds is 9. The van der Waals surface area contributed by atoms with Gasteiger partial charge >= 0.3 is 12.0 Å². The van der Waals surface area contributed by atoms with E-state index in [-0.39, 0.29) is 18.5 Å². The molecule has 0 unspecified atom stereocenters. The van der Waals surface area contributed by atoms with Crippen LogP contribution >= 0.6 is 0 Å². The molecule has 10 nitrogen and oxygen atoms in total. The molecule has 3 amide bonds. The second kappa shape index (κ2) is 12.2. The number of nitrogens with zero attached hydrogens (tertiary/aromatic N) is 1. The van der Waals surface area contributed by atoms with E-state index >= 15 is 0 Å². The van der Waals surface area contributed by atoms with Crippen molar-refractivity contribution in [2.75, 3.05) is 40.5 Å². The molecule has 208 valence electrons. The van der Waals surface area contributed by atoms with Gasteiger partial charge in [-0.05, 0) is 55.2 Å². The zero-order chi connectivity index (χ0) is 28.0. The van der Waals surface area contributed by atoms with Crippen LogP contribution in [0.4, 0.5) is 4.79 Å². The smallest absolute Gasteiger partial charge is 0.338 e. The monoisotopic (exact) mass is 536 g/mol. The minimum atomic E-state index is -0.665. The Labute approximate surface area is 228 Å². The first-order valence-electron chi connectivity index (χ1n) is 13.1. The number of amides is 3. The molecule has 2 aromatic rings. The number of urea groups is 1. The summed E-state index contributed by atoms with van der Waals surface area (Å²) in [5.41, 5.74) is 2.12. The fourth-order valence-electron chi connectivity index (χ4n) is 5.29. The molecule has 0 spiro atoms. The summed E-state index contributed by atoms with van der Waals surface area (Å²) in [6, 6.07) is 13.9. The summed E-state index contributed by atoms with van der Waals surface area (Å²) < 4.78 is 15.9. The number of ether oxygens (including phenoxy) is 3. The molecule has 0 aromatic heterocycles. The third-order valence-corrected chi connectivity index (χ3v) is 7.25. The highest BCUT2D eigenvalue weighted by molar-refractivity contribution is 5.95. The fraction of sp³-hybridized carbons (Fsp3) is 0.414. The van der Waals surface area contributed by atoms with Gasteiger partial charge in [0.2, 0.25) is 5.91 Å². The van der Waals surface area contributed by atoms with E-state index in [1.54, 1.807) is 33.3 Å². The minimum absolute atomic E-state index is 0.0977. The summed E-state index contributed by atoms with van der Waals surface area (Å²) in [5, 5.41) is 8.90. The van der Waals surface area contributed by atoms with Crippen LogP contribution in [-0.4, -0.2) is 63.3 Å². The van der Waals surface area contributed by atoms with Crippen LogP contribution in [0.25, 0.3) is 0 Å². The van der Waals surface area contributed by atoms with Crippen molar-refractivity contribution in [1.29, 1.82) is 0 Å². The summed E-state index contributed by atoms with van der Waals surface area (Å²) in [5.74, 6) is 0.845. The van der Waals surface area contributed by atoms with Crippen LogP contribution in [0.2, 0.25) is 0 Å². The highest BCUT2D eigenvalue weighted by atomic mass is 16.5. The van der Waals surface area contributed by atoms with Crippen molar-refractivity contribution < 1.29 is 28.6 Å². The summed E-state index contributed by atoms with van der Waals surface area (Å²) in [6.45, 7) is 5.13. The van der Waals surface area contributed by atoms with Crippen molar-refractivity contribution in [3.05, 3.63) is 70.9 Å². The second-order valence-electron chi connectivity index (χ2n) is 9.69. The third kappa shape index (κ3) is 6.34. The molecule has 2 heterocycles. The number of hydrogen-bond acceptors (Lipinski definition) is 7. The zero-order valence-electron chi connectivity index (χ0n) is 22.8. The standard InChI is InChI=1S/C29H36N4O6/c1-5-39-27(35)25-24(30-28(36)31-26(25)20-6-10-22(37-3)11-7-20)18-33-16-14-29(15-17-33,32-19(2)34)21-8-12-23(38-4)13-9-21/h6-13,26H,5,14-18H2,1-4H3,(H,32,34)(H2,30,31,36)/t26-/m1/s1. The number of carbonyl (C=O) groups is 3. The van der Waals surface area contributed by atoms with Gasteiger partial charge < -0.3 is 30.2 Å². The molecule has 1 fully saturated rings. The number of methoxy groups -OCH3 is 2. The predicted molar refractivity (Wildman–Crippen MR) is 145 cm³/mol. The van der Waals surface area contributed by atoms with Crippen LogP contribution in [0.3, 0.4) is 0 Å². The molecule has 2 aromatic carbocycles. The normalized spacial score (nSPS) is 19.0. The number of piperidine rings is 1. The van der Waals surface area contributed by atoms with Gasteiger partial charge in [-0.2, -0.15) is 0 Å². The van der Waals surface area contributed by atoms with E-state index < -0.39 is 17.6 Å². The molecule has 1 atom stereocenters. The Hall–Kier alpha value is -4.05. The van der Waals surface area contributed by atoms with Gasteiger partial charge in [-0.1, -0.05) is 24.3 Å². The zero-order valence-corrected chi connectivity index (χ0v) is 22.8. The molecule has 2 aliphatic rings. The Bertz CT molecular complexity index is 1220. The van der Waals surface area contributed by atoms with E-state index in [0.717, 1.165) is 16.9 Å². The Morgan fingerprint density at radius 1 is 1.00 bits per heavy atom. The number of hydrogen-bond donors (Lipinski definition) is 3. The molecule has 0 aliphatic carbocycles. The van der Waals surface area contributed by atoms with E-state index in [9.17, 15) is 14.4 Å². The average Bonchev–Trinajstić information content (AvgIpc) is 2.93. The summed E-state index contributed by atoms with van der Waals surface area (Å²) in [6.07, 6.45) is 1.32. The summed E-state index contributed by atoms with van der Waals surface area (Å²) in [4.78, 5) is 40.2. The summed E-state index contributed by atoms with van der Waals surface area (Å²) >= 11 is 0. The van der Waals surface area contributed by atoms with Crippen LogP contribution in [0.15, 0.2) is 59.8 Å². The average molecular weight is 537 g/mol. The molecule has 0 saturated carbocycles. The van der Waals surface area contributed by atoms with Crippen molar-refractivity contribution in [3.8, 4) is 11.5 Å². The molecule has 3 N–H and O–H groups in total. The summed E-state index contributed by atoms with van der Waals surface area (Å²) in [7, 11) is 3.20. The molecular weight excluding hydrogens is 500 g/mol. The van der Waals surface area contributed by atoms with Crippen LogP contribution < -0.4 is 25.4 Å². The lowest BCUT2D eigenvalue weighted by Gasteiger charge is -2.43. The Kier molecular flexibility index (Phi) is 8.75. The number of nitrogens with one attached hydrogen (secondary N) is 3. The molecule has 10 heteroatoms. The van der Waals surface area contributed by atoms with Gasteiger partial charge in [-0.15, -0.1) is 0 Å². The van der Waals surface area contributed by atoms with Gasteiger partial charge in [0.1, 0.15) is 11.5 Å². The number of esters is 1.